The van der Waals surface area contributed by atoms with Crippen LogP contribution in [0.4, 0.5) is 5.69 Å². The maximum Gasteiger partial charge on any atom is 0.224 e. The van der Waals surface area contributed by atoms with Crippen LogP contribution in [0.15, 0.2) is 72.1 Å². The topological polar surface area (TPSA) is 99.0 Å². The van der Waals surface area contributed by atoms with Gasteiger partial charge >= 0.3 is 0 Å². The first-order chi connectivity index (χ1) is 17.1. The smallest absolute Gasteiger partial charge is 0.224 e. The van der Waals surface area contributed by atoms with E-state index in [9.17, 15) is 9.59 Å². The monoisotopic (exact) mass is 485 g/mol. The first-order valence-electron chi connectivity index (χ1n) is 11.3. The molecule has 2 aromatic carbocycles. The van der Waals surface area contributed by atoms with Gasteiger partial charge in [-0.3, -0.25) is 19.1 Å². The summed E-state index contributed by atoms with van der Waals surface area (Å²) in [4.78, 5) is 28.8. The highest BCUT2D eigenvalue weighted by Crippen LogP contribution is 2.30. The Labute approximate surface area is 206 Å². The second kappa shape index (κ2) is 10.1. The zero-order valence-corrected chi connectivity index (χ0v) is 19.9. The molecule has 0 atom stereocenters. The minimum Gasteiger partial charge on any atom is -0.494 e. The molecule has 0 aliphatic carbocycles. The van der Waals surface area contributed by atoms with Crippen molar-refractivity contribution in [2.45, 2.75) is 24.9 Å². The highest BCUT2D eigenvalue weighted by Gasteiger charge is 2.20. The molecule has 0 unspecified atom stereocenters. The number of nitrogens with zero attached hydrogens (tertiary/aromatic N) is 4. The Balaban J connectivity index is 1.41. The van der Waals surface area contributed by atoms with Gasteiger partial charge in [0.25, 0.3) is 0 Å². The molecule has 1 N–H and O–H groups in total. The van der Waals surface area contributed by atoms with Gasteiger partial charge in [-0.15, -0.1) is 10.2 Å². The van der Waals surface area contributed by atoms with Gasteiger partial charge in [-0.05, 0) is 73.5 Å². The summed E-state index contributed by atoms with van der Waals surface area (Å²) >= 11 is 1.33. The van der Waals surface area contributed by atoms with Crippen molar-refractivity contribution < 1.29 is 14.3 Å². The third kappa shape index (κ3) is 4.95. The molecule has 4 aromatic rings. The molecular weight excluding hydrogens is 462 g/mol. The second-order valence-corrected chi connectivity index (χ2v) is 8.88. The van der Waals surface area contributed by atoms with Gasteiger partial charge in [0.1, 0.15) is 5.75 Å². The molecule has 0 spiro atoms. The lowest BCUT2D eigenvalue weighted by molar-refractivity contribution is -0.116. The van der Waals surface area contributed by atoms with Crippen LogP contribution in [-0.4, -0.2) is 43.8 Å². The van der Waals surface area contributed by atoms with E-state index in [1.165, 1.54) is 11.8 Å². The molecule has 9 heteroatoms. The fourth-order valence-corrected chi connectivity index (χ4v) is 4.75. The number of carbonyl (C=O) groups excluding carboxylic acids is 2. The molecule has 0 fully saturated rings. The van der Waals surface area contributed by atoms with Crippen LogP contribution >= 0.6 is 11.8 Å². The van der Waals surface area contributed by atoms with Gasteiger partial charge in [-0.25, -0.2) is 0 Å². The minimum absolute atomic E-state index is 0.00479. The number of thioether (sulfide) groups is 1. The van der Waals surface area contributed by atoms with Gasteiger partial charge in [-0.1, -0.05) is 11.8 Å². The molecular formula is C26H23N5O3S. The number of fused-ring (bicyclic) bond motifs is 1. The first-order valence-corrected chi connectivity index (χ1v) is 12.3. The van der Waals surface area contributed by atoms with E-state index < -0.39 is 0 Å². The Hall–Kier alpha value is -3.98. The number of nitrogens with one attached hydrogen (secondary N) is 1. The number of Topliss-reactive ketones (excluding diaryl/α,β-unsaturated/α-hetero) is 1. The third-order valence-corrected chi connectivity index (χ3v) is 6.54. The van der Waals surface area contributed by atoms with Crippen molar-refractivity contribution in [2.75, 3.05) is 17.7 Å². The number of hydrogen-bond donors (Lipinski definition) is 1. The van der Waals surface area contributed by atoms with E-state index in [0.717, 1.165) is 28.3 Å². The number of hydrogen-bond acceptors (Lipinski definition) is 7. The van der Waals surface area contributed by atoms with Crippen LogP contribution in [0.3, 0.4) is 0 Å². The number of anilines is 1. The molecule has 1 amide bonds. The van der Waals surface area contributed by atoms with Crippen LogP contribution in [0.5, 0.6) is 5.75 Å². The van der Waals surface area contributed by atoms with E-state index in [-0.39, 0.29) is 17.4 Å². The molecule has 176 valence electrons. The molecule has 2 aromatic heterocycles. The van der Waals surface area contributed by atoms with Crippen molar-refractivity contribution in [2.24, 2.45) is 0 Å². The fraction of sp³-hybridized carbons (Fsp3) is 0.192. The summed E-state index contributed by atoms with van der Waals surface area (Å²) in [6, 6.07) is 16.9. The van der Waals surface area contributed by atoms with Crippen molar-refractivity contribution in [1.29, 1.82) is 0 Å². The van der Waals surface area contributed by atoms with Gasteiger partial charge in [0.2, 0.25) is 5.91 Å². The van der Waals surface area contributed by atoms with Crippen LogP contribution in [-0.2, 0) is 11.2 Å². The maximum absolute atomic E-state index is 13.0. The summed E-state index contributed by atoms with van der Waals surface area (Å²) in [6.45, 7) is 2.53. The van der Waals surface area contributed by atoms with Gasteiger partial charge in [0, 0.05) is 41.3 Å². The molecule has 0 bridgehead atoms. The lowest BCUT2D eigenvalue weighted by Crippen LogP contribution is -2.19. The van der Waals surface area contributed by atoms with E-state index in [4.69, 9.17) is 4.74 Å². The van der Waals surface area contributed by atoms with Crippen molar-refractivity contribution in [3.8, 4) is 22.8 Å². The Morgan fingerprint density at radius 1 is 1.11 bits per heavy atom. The number of rotatable bonds is 8. The number of ketones is 1. The Kier molecular flexibility index (Phi) is 6.58. The van der Waals surface area contributed by atoms with Crippen LogP contribution in [0, 0.1) is 0 Å². The Bertz CT molecular complexity index is 1370. The lowest BCUT2D eigenvalue weighted by Gasteiger charge is -2.17. The van der Waals surface area contributed by atoms with E-state index in [0.29, 0.717) is 36.0 Å². The Morgan fingerprint density at radius 3 is 2.74 bits per heavy atom. The molecule has 35 heavy (non-hydrogen) atoms. The fourth-order valence-electron chi connectivity index (χ4n) is 3.91. The third-order valence-electron chi connectivity index (χ3n) is 5.61. The number of aryl methyl sites for hydroxylation is 1. The van der Waals surface area contributed by atoms with Gasteiger partial charge < -0.3 is 10.1 Å². The van der Waals surface area contributed by atoms with Gasteiger partial charge in [0.15, 0.2) is 16.8 Å². The average molecular weight is 486 g/mol. The molecule has 0 saturated heterocycles. The van der Waals surface area contributed by atoms with Gasteiger partial charge in [-0.2, -0.15) is 0 Å². The van der Waals surface area contributed by atoms with E-state index >= 15 is 0 Å². The lowest BCUT2D eigenvalue weighted by atomic mass is 9.99. The molecule has 1 aliphatic rings. The highest BCUT2D eigenvalue weighted by molar-refractivity contribution is 7.99. The number of benzene rings is 2. The number of carbonyl (C=O) groups is 2. The summed E-state index contributed by atoms with van der Waals surface area (Å²) in [7, 11) is 0. The maximum atomic E-state index is 13.0. The van der Waals surface area contributed by atoms with E-state index in [2.05, 4.69) is 20.5 Å². The second-order valence-electron chi connectivity index (χ2n) is 7.94. The molecule has 5 rings (SSSR count). The zero-order chi connectivity index (χ0) is 24.2. The van der Waals surface area contributed by atoms with Crippen LogP contribution < -0.4 is 10.1 Å². The summed E-state index contributed by atoms with van der Waals surface area (Å²) in [6.07, 6.45) is 4.51. The summed E-state index contributed by atoms with van der Waals surface area (Å²) in [5.74, 6) is 1.61. The predicted octanol–water partition coefficient (Wildman–Crippen LogP) is 4.59. The summed E-state index contributed by atoms with van der Waals surface area (Å²) < 4.78 is 7.50. The first kappa shape index (κ1) is 22.8. The van der Waals surface area contributed by atoms with E-state index in [1.54, 1.807) is 24.5 Å². The average Bonchev–Trinajstić information content (AvgIpc) is 3.32. The molecule has 3 heterocycles. The van der Waals surface area contributed by atoms with E-state index in [1.807, 2.05) is 54.0 Å². The number of pyridine rings is 1. The number of ether oxygens (including phenoxy) is 1. The number of aromatic nitrogens is 4. The quantitative estimate of drug-likeness (QED) is 0.288. The van der Waals surface area contributed by atoms with Crippen LogP contribution in [0.2, 0.25) is 0 Å². The van der Waals surface area contributed by atoms with Crippen molar-refractivity contribution >= 4 is 29.1 Å². The van der Waals surface area contributed by atoms with Crippen LogP contribution in [0.25, 0.3) is 17.1 Å². The zero-order valence-electron chi connectivity index (χ0n) is 19.1. The largest absolute Gasteiger partial charge is 0.494 e. The molecule has 0 radical (unpaired) electrons. The normalized spacial score (nSPS) is 12.7. The summed E-state index contributed by atoms with van der Waals surface area (Å²) in [5, 5.41) is 12.2. The van der Waals surface area contributed by atoms with Crippen molar-refractivity contribution in [1.82, 2.24) is 19.7 Å². The highest BCUT2D eigenvalue weighted by atomic mass is 32.2. The Morgan fingerprint density at radius 2 is 1.97 bits per heavy atom. The predicted molar refractivity (Wildman–Crippen MR) is 134 cm³/mol. The summed E-state index contributed by atoms with van der Waals surface area (Å²) in [5.41, 5.74) is 4.06. The minimum atomic E-state index is -0.0149. The van der Waals surface area contributed by atoms with Crippen molar-refractivity contribution in [3.63, 3.8) is 0 Å². The SMILES string of the molecule is CCOc1ccc(-n2c(SCC(=O)c3ccc4c(c3)CCC(=O)N4)nnc2-c2cccnc2)cc1. The van der Waals surface area contributed by atoms with Crippen LogP contribution in [0.1, 0.15) is 29.3 Å². The molecule has 8 nitrogen and oxygen atoms in total. The van der Waals surface area contributed by atoms with Crippen molar-refractivity contribution in [3.05, 3.63) is 78.1 Å². The molecule has 1 aliphatic heterocycles. The number of amides is 1. The molecule has 0 saturated carbocycles. The standard InChI is InChI=1S/C26H23N5O3S/c1-2-34-21-9-7-20(8-10-21)31-25(19-4-3-13-27-15-19)29-30-26(31)35-16-23(32)18-5-11-22-17(14-18)6-12-24(33)28-22/h3-5,7-11,13-15H,2,6,12,16H2,1H3,(H,28,33). The van der Waals surface area contributed by atoms with Gasteiger partial charge in [0.05, 0.1) is 12.4 Å².